The van der Waals surface area contributed by atoms with Gasteiger partial charge in [-0.2, -0.15) is 0 Å². The molecule has 0 amide bonds. The zero-order valence-corrected chi connectivity index (χ0v) is 17.8. The SMILES string of the molecule is COc1ccc(Cn2cc(C(=O)O)c(=O)c3cc4c(nc32)N2CCC[C@H]2CO4)c(OC)c1. The highest BCUT2D eigenvalue weighted by molar-refractivity contribution is 5.92. The molecule has 0 radical (unpaired) electrons. The molecule has 4 heterocycles. The van der Waals surface area contributed by atoms with Crippen molar-refractivity contribution in [2.24, 2.45) is 0 Å². The minimum atomic E-state index is -1.29. The van der Waals surface area contributed by atoms with E-state index in [4.69, 9.17) is 19.2 Å². The summed E-state index contributed by atoms with van der Waals surface area (Å²) in [4.78, 5) is 31.8. The van der Waals surface area contributed by atoms with Gasteiger partial charge in [-0.3, -0.25) is 4.79 Å². The highest BCUT2D eigenvalue weighted by Crippen LogP contribution is 2.38. The monoisotopic (exact) mass is 437 g/mol. The summed E-state index contributed by atoms with van der Waals surface area (Å²) >= 11 is 0. The van der Waals surface area contributed by atoms with E-state index in [0.717, 1.165) is 24.9 Å². The number of fused-ring (bicyclic) bond motifs is 4. The molecule has 2 aliphatic heterocycles. The molecule has 0 saturated carbocycles. The van der Waals surface area contributed by atoms with Crippen molar-refractivity contribution in [1.29, 1.82) is 0 Å². The van der Waals surface area contributed by atoms with Crippen LogP contribution in [0.3, 0.4) is 0 Å². The first-order valence-electron chi connectivity index (χ1n) is 10.4. The molecule has 1 aromatic carbocycles. The van der Waals surface area contributed by atoms with Gasteiger partial charge in [-0.1, -0.05) is 0 Å². The number of nitrogens with zero attached hydrogens (tertiary/aromatic N) is 3. The average Bonchev–Trinajstić information content (AvgIpc) is 3.29. The normalized spacial score (nSPS) is 16.9. The fourth-order valence-electron chi connectivity index (χ4n) is 4.51. The summed E-state index contributed by atoms with van der Waals surface area (Å²) in [5, 5.41) is 9.85. The van der Waals surface area contributed by atoms with Crippen molar-refractivity contribution >= 4 is 22.8 Å². The summed E-state index contributed by atoms with van der Waals surface area (Å²) in [5.74, 6) is 1.17. The number of carboxylic acid groups (broad SMARTS) is 1. The minimum Gasteiger partial charge on any atom is -0.497 e. The number of methoxy groups -OCH3 is 2. The van der Waals surface area contributed by atoms with Gasteiger partial charge < -0.3 is 28.8 Å². The second kappa shape index (κ2) is 7.74. The molecule has 2 aromatic heterocycles. The highest BCUT2D eigenvalue weighted by atomic mass is 16.5. The maximum Gasteiger partial charge on any atom is 0.341 e. The molecule has 3 aromatic rings. The van der Waals surface area contributed by atoms with E-state index in [9.17, 15) is 14.7 Å². The quantitative estimate of drug-likeness (QED) is 0.650. The van der Waals surface area contributed by atoms with Crippen LogP contribution in [0.4, 0.5) is 5.82 Å². The number of hydrogen-bond donors (Lipinski definition) is 1. The smallest absolute Gasteiger partial charge is 0.341 e. The standard InChI is InChI=1S/C23H23N3O6/c1-30-15-6-5-13(18(8-15)31-2)10-25-11-17(23(28)29)20(27)16-9-19-22(24-21(16)25)26-7-3-4-14(26)12-32-19/h5-6,8-9,11,14H,3-4,7,10,12H2,1-2H3,(H,28,29)/t14-/m0/s1. The zero-order valence-electron chi connectivity index (χ0n) is 17.8. The summed E-state index contributed by atoms with van der Waals surface area (Å²) in [7, 11) is 3.13. The van der Waals surface area contributed by atoms with Crippen molar-refractivity contribution in [2.45, 2.75) is 25.4 Å². The molecule has 9 heteroatoms. The lowest BCUT2D eigenvalue weighted by Gasteiger charge is -2.32. The number of rotatable bonds is 5. The zero-order chi connectivity index (χ0) is 22.4. The van der Waals surface area contributed by atoms with Crippen LogP contribution < -0.4 is 24.5 Å². The van der Waals surface area contributed by atoms with E-state index in [-0.39, 0.29) is 23.5 Å². The molecule has 9 nitrogen and oxygen atoms in total. The summed E-state index contributed by atoms with van der Waals surface area (Å²) < 4.78 is 18.3. The maximum absolute atomic E-state index is 13.0. The molecule has 0 unspecified atom stereocenters. The predicted molar refractivity (Wildman–Crippen MR) is 117 cm³/mol. The van der Waals surface area contributed by atoms with E-state index in [1.54, 1.807) is 37.0 Å². The van der Waals surface area contributed by atoms with Crippen molar-refractivity contribution < 1.29 is 24.1 Å². The van der Waals surface area contributed by atoms with Gasteiger partial charge in [0.2, 0.25) is 5.43 Å². The summed E-state index contributed by atoms with van der Waals surface area (Å²) in [6.45, 7) is 1.68. The third-order valence-electron chi connectivity index (χ3n) is 6.14. The number of carboxylic acids is 1. The van der Waals surface area contributed by atoms with Crippen LogP contribution >= 0.6 is 0 Å². The second-order valence-corrected chi connectivity index (χ2v) is 7.96. The molecule has 2 aliphatic rings. The molecule has 32 heavy (non-hydrogen) atoms. The number of pyridine rings is 2. The Kier molecular flexibility index (Phi) is 4.88. The van der Waals surface area contributed by atoms with Crippen molar-refractivity contribution in [2.75, 3.05) is 32.3 Å². The minimum absolute atomic E-state index is 0.216. The molecular weight excluding hydrogens is 414 g/mol. The van der Waals surface area contributed by atoms with Crippen molar-refractivity contribution in [3.63, 3.8) is 0 Å². The molecular formula is C23H23N3O6. The van der Waals surface area contributed by atoms with E-state index >= 15 is 0 Å². The molecule has 1 fully saturated rings. The molecule has 1 saturated heterocycles. The number of hydrogen-bond acceptors (Lipinski definition) is 7. The topological polar surface area (TPSA) is 103 Å². The van der Waals surface area contributed by atoms with Crippen LogP contribution in [-0.2, 0) is 6.54 Å². The molecule has 0 aliphatic carbocycles. The van der Waals surface area contributed by atoms with Crippen LogP contribution in [0.15, 0.2) is 35.3 Å². The first-order chi connectivity index (χ1) is 15.5. The van der Waals surface area contributed by atoms with E-state index in [2.05, 4.69) is 4.90 Å². The van der Waals surface area contributed by atoms with Gasteiger partial charge in [0.1, 0.15) is 29.3 Å². The van der Waals surface area contributed by atoms with Gasteiger partial charge in [0.15, 0.2) is 11.6 Å². The lowest BCUT2D eigenvalue weighted by molar-refractivity contribution is 0.0695. The first kappa shape index (κ1) is 20.2. The Morgan fingerprint density at radius 3 is 2.88 bits per heavy atom. The van der Waals surface area contributed by atoms with Gasteiger partial charge in [0.05, 0.1) is 32.2 Å². The number of aromatic carboxylic acids is 1. The Bertz CT molecular complexity index is 1280. The Morgan fingerprint density at radius 2 is 2.12 bits per heavy atom. The number of benzene rings is 1. The predicted octanol–water partition coefficient (Wildman–Crippen LogP) is 2.52. The van der Waals surface area contributed by atoms with Crippen LogP contribution in [-0.4, -0.2) is 54.0 Å². The first-order valence-corrected chi connectivity index (χ1v) is 10.4. The van der Waals surface area contributed by atoms with E-state index in [1.165, 1.54) is 6.20 Å². The Hall–Kier alpha value is -3.75. The molecule has 1 atom stereocenters. The van der Waals surface area contributed by atoms with E-state index in [0.29, 0.717) is 35.3 Å². The maximum atomic E-state index is 13.0. The van der Waals surface area contributed by atoms with Crippen LogP contribution in [0.1, 0.15) is 28.8 Å². The third-order valence-corrected chi connectivity index (χ3v) is 6.14. The fraction of sp³-hybridized carbons (Fsp3) is 0.348. The largest absolute Gasteiger partial charge is 0.497 e. The Balaban J connectivity index is 1.71. The second-order valence-electron chi connectivity index (χ2n) is 7.96. The van der Waals surface area contributed by atoms with Crippen molar-refractivity contribution in [1.82, 2.24) is 9.55 Å². The van der Waals surface area contributed by atoms with Gasteiger partial charge >= 0.3 is 5.97 Å². The highest BCUT2D eigenvalue weighted by Gasteiger charge is 2.33. The summed E-state index contributed by atoms with van der Waals surface area (Å²) in [6.07, 6.45) is 3.44. The molecule has 1 N–H and O–H groups in total. The van der Waals surface area contributed by atoms with Crippen LogP contribution in [0.5, 0.6) is 17.2 Å². The van der Waals surface area contributed by atoms with Gasteiger partial charge in [0.25, 0.3) is 0 Å². The van der Waals surface area contributed by atoms with Crippen molar-refractivity contribution in [3.8, 4) is 17.2 Å². The third kappa shape index (κ3) is 3.21. The molecule has 0 bridgehead atoms. The number of anilines is 1. The van der Waals surface area contributed by atoms with Crippen LogP contribution in [0.25, 0.3) is 11.0 Å². The van der Waals surface area contributed by atoms with Gasteiger partial charge in [-0.25, -0.2) is 9.78 Å². The molecule has 0 spiro atoms. The van der Waals surface area contributed by atoms with Gasteiger partial charge in [0, 0.05) is 24.4 Å². The number of aromatic nitrogens is 2. The number of carbonyl (C=O) groups is 1. The Morgan fingerprint density at radius 1 is 1.28 bits per heavy atom. The van der Waals surface area contributed by atoms with Crippen LogP contribution in [0, 0.1) is 0 Å². The number of ether oxygens (including phenoxy) is 3. The van der Waals surface area contributed by atoms with Gasteiger partial charge in [-0.05, 0) is 31.0 Å². The van der Waals surface area contributed by atoms with Crippen molar-refractivity contribution in [3.05, 3.63) is 51.8 Å². The molecule has 5 rings (SSSR count). The average molecular weight is 437 g/mol. The lowest BCUT2D eigenvalue weighted by Crippen LogP contribution is -2.39. The molecule has 166 valence electrons. The fourth-order valence-corrected chi connectivity index (χ4v) is 4.51. The van der Waals surface area contributed by atoms with Crippen LogP contribution in [0.2, 0.25) is 0 Å². The van der Waals surface area contributed by atoms with E-state index < -0.39 is 11.4 Å². The summed E-state index contributed by atoms with van der Waals surface area (Å²) in [5.41, 5.74) is 0.312. The van der Waals surface area contributed by atoms with Gasteiger partial charge in [-0.15, -0.1) is 0 Å². The summed E-state index contributed by atoms with van der Waals surface area (Å²) in [6, 6.07) is 7.31. The lowest BCUT2D eigenvalue weighted by atomic mass is 10.1. The Labute approximate surface area is 183 Å². The van der Waals surface area contributed by atoms with E-state index in [1.807, 2.05) is 6.07 Å².